The minimum atomic E-state index is -1.76. The molecule has 0 aliphatic carbocycles. The van der Waals surface area contributed by atoms with Gasteiger partial charge < -0.3 is 0 Å². The molecule has 6 heteroatoms. The van der Waals surface area contributed by atoms with Gasteiger partial charge in [0, 0.05) is 0 Å². The Kier molecular flexibility index (Phi) is 4.01. The number of hydrogen-bond donors (Lipinski definition) is 0. The van der Waals surface area contributed by atoms with Crippen LogP contribution >= 0.6 is 53.7 Å². The standard InChI is InChI=1S/C6H9Cl4NP/c1-11-5(7,8)6(9,10)12(2,3)4/h2-4H3/q+1. The zero-order valence-corrected chi connectivity index (χ0v) is 10.8. The predicted molar refractivity (Wildman–Crippen MR) is 60.2 cm³/mol. The molecular weight excluding hydrogens is 259 g/mol. The number of alkyl halides is 4. The van der Waals surface area contributed by atoms with Gasteiger partial charge in [0.15, 0.2) is 0 Å². The summed E-state index contributed by atoms with van der Waals surface area (Å²) >= 11 is 23.2. The average Bonchev–Trinajstić information content (AvgIpc) is 1.85. The molecule has 0 amide bonds. The summed E-state index contributed by atoms with van der Waals surface area (Å²) < 4.78 is -3.15. The lowest BCUT2D eigenvalue weighted by Gasteiger charge is -2.28. The maximum atomic E-state index is 6.75. The molecule has 0 rings (SSSR count). The number of halogens is 4. The molecule has 12 heavy (non-hydrogen) atoms. The van der Waals surface area contributed by atoms with Crippen LogP contribution in [0.2, 0.25) is 0 Å². The van der Waals surface area contributed by atoms with Crippen molar-refractivity contribution < 1.29 is 0 Å². The van der Waals surface area contributed by atoms with Crippen molar-refractivity contribution in [3.8, 4) is 0 Å². The van der Waals surface area contributed by atoms with E-state index in [1.54, 1.807) is 0 Å². The fraction of sp³-hybridized carbons (Fsp3) is 0.833. The Morgan fingerprint density at radius 1 is 1.08 bits per heavy atom. The van der Waals surface area contributed by atoms with Gasteiger partial charge in [-0.05, 0) is 46.4 Å². The fourth-order valence-corrected chi connectivity index (χ4v) is 2.93. The first kappa shape index (κ1) is 13.1. The second-order valence-corrected chi connectivity index (χ2v) is 11.0. The van der Waals surface area contributed by atoms with E-state index in [9.17, 15) is 0 Å². The predicted octanol–water partition coefficient (Wildman–Crippen LogP) is 4.08. The van der Waals surface area contributed by atoms with E-state index in [1.165, 1.54) is 0 Å². The minimum Gasteiger partial charge on any atom is -0.268 e. The summed E-state index contributed by atoms with van der Waals surface area (Å²) in [4.78, 5) is 3.00. The van der Waals surface area contributed by atoms with Gasteiger partial charge in [-0.2, -0.15) is 0 Å². The Hall–Kier alpha value is 1.08. The molecule has 0 N–H and O–H groups in total. The van der Waals surface area contributed by atoms with Crippen molar-refractivity contribution in [3.63, 3.8) is 0 Å². The van der Waals surface area contributed by atoms with Gasteiger partial charge >= 0.3 is 8.53 Å². The van der Waals surface area contributed by atoms with Crippen molar-refractivity contribution in [2.24, 2.45) is 0 Å². The van der Waals surface area contributed by atoms with E-state index in [2.05, 4.69) is 4.85 Å². The van der Waals surface area contributed by atoms with Crippen LogP contribution in [0.15, 0.2) is 0 Å². The highest BCUT2D eigenvalue weighted by Crippen LogP contribution is 2.71. The topological polar surface area (TPSA) is 4.36 Å². The second-order valence-electron chi connectivity index (χ2n) is 3.21. The average molecular weight is 268 g/mol. The fourth-order valence-electron chi connectivity index (χ4n) is 0.471. The number of hydrogen-bond acceptors (Lipinski definition) is 0. The van der Waals surface area contributed by atoms with E-state index >= 15 is 0 Å². The molecule has 0 atom stereocenters. The molecule has 0 saturated carbocycles. The molecule has 1 nitrogen and oxygen atoms in total. The van der Waals surface area contributed by atoms with Crippen molar-refractivity contribution in [2.45, 2.75) is 8.53 Å². The van der Waals surface area contributed by atoms with Gasteiger partial charge in [-0.3, -0.25) is 4.85 Å². The van der Waals surface area contributed by atoms with E-state index in [4.69, 9.17) is 53.0 Å². The third kappa shape index (κ3) is 2.31. The summed E-state index contributed by atoms with van der Waals surface area (Å²) in [6, 6.07) is 0. The summed E-state index contributed by atoms with van der Waals surface area (Å²) in [5.41, 5.74) is 0. The zero-order valence-electron chi connectivity index (χ0n) is 6.91. The van der Waals surface area contributed by atoms with Crippen LogP contribution < -0.4 is 0 Å². The third-order valence-electron chi connectivity index (χ3n) is 1.34. The van der Waals surface area contributed by atoms with Crippen LogP contribution in [0.1, 0.15) is 0 Å². The molecule has 0 aliphatic heterocycles. The third-order valence-corrected chi connectivity index (χ3v) is 8.33. The molecule has 0 fully saturated rings. The van der Waals surface area contributed by atoms with Crippen LogP contribution in [0.5, 0.6) is 0 Å². The highest BCUT2D eigenvalue weighted by molar-refractivity contribution is 7.78. The first-order chi connectivity index (χ1) is 5.06. The lowest BCUT2D eigenvalue weighted by molar-refractivity contribution is 0.976. The molecule has 0 bridgehead atoms. The van der Waals surface area contributed by atoms with Crippen LogP contribution in [-0.4, -0.2) is 28.5 Å². The van der Waals surface area contributed by atoms with Crippen molar-refractivity contribution in [1.29, 1.82) is 0 Å². The molecule has 0 spiro atoms. The molecule has 0 saturated heterocycles. The van der Waals surface area contributed by atoms with Gasteiger partial charge in [-0.25, -0.2) is 6.57 Å². The van der Waals surface area contributed by atoms with Gasteiger partial charge in [0.1, 0.15) is 0 Å². The molecule has 0 aromatic carbocycles. The van der Waals surface area contributed by atoms with Gasteiger partial charge in [-0.1, -0.05) is 0 Å². The van der Waals surface area contributed by atoms with Crippen LogP contribution in [0, 0.1) is 6.57 Å². The van der Waals surface area contributed by atoms with Crippen LogP contribution in [0.3, 0.4) is 0 Å². The van der Waals surface area contributed by atoms with Crippen LogP contribution in [-0.2, 0) is 0 Å². The number of rotatable bonds is 2. The summed E-state index contributed by atoms with van der Waals surface area (Å²) in [7, 11) is -1.70. The first-order valence-electron chi connectivity index (χ1n) is 3.02. The normalized spacial score (nSPS) is 14.2. The highest BCUT2D eigenvalue weighted by Gasteiger charge is 2.67. The maximum Gasteiger partial charge on any atom is 0.449 e. The Morgan fingerprint density at radius 3 is 1.50 bits per heavy atom. The van der Waals surface area contributed by atoms with Crippen LogP contribution in [0.4, 0.5) is 0 Å². The minimum absolute atomic E-state index is 1.38. The monoisotopic (exact) mass is 266 g/mol. The Labute approximate surface area is 93.5 Å². The summed E-state index contributed by atoms with van der Waals surface area (Å²) in [6.45, 7) is 12.4. The molecular formula is C6H9Cl4NP+. The second kappa shape index (κ2) is 3.68. The van der Waals surface area contributed by atoms with Gasteiger partial charge in [0.25, 0.3) is 0 Å². The molecule has 0 aliphatic rings. The molecule has 0 radical (unpaired) electrons. The highest BCUT2D eigenvalue weighted by atomic mass is 35.5. The van der Waals surface area contributed by atoms with Crippen LogP contribution in [0.25, 0.3) is 4.85 Å². The SMILES string of the molecule is [C-]#[N+]C(Cl)(Cl)C(Cl)(Cl)[P+](C)(C)C. The summed E-state index contributed by atoms with van der Waals surface area (Å²) in [6.07, 6.45) is 0. The van der Waals surface area contributed by atoms with Crippen molar-refractivity contribution in [3.05, 3.63) is 11.4 Å². The lowest BCUT2D eigenvalue weighted by atomic mass is 10.7. The van der Waals surface area contributed by atoms with Crippen molar-refractivity contribution >= 4 is 53.7 Å². The Bertz CT molecular complexity index is 213. The van der Waals surface area contributed by atoms with E-state index in [0.717, 1.165) is 0 Å². The Morgan fingerprint density at radius 2 is 1.42 bits per heavy atom. The zero-order chi connectivity index (χ0) is 10.2. The Balaban J connectivity index is 5.02. The molecule has 0 heterocycles. The molecule has 70 valence electrons. The van der Waals surface area contributed by atoms with E-state index in [0.29, 0.717) is 0 Å². The quantitative estimate of drug-likeness (QED) is 0.307. The largest absolute Gasteiger partial charge is 0.449 e. The molecule has 0 aromatic heterocycles. The molecule has 0 unspecified atom stereocenters. The van der Waals surface area contributed by atoms with E-state index in [-0.39, 0.29) is 0 Å². The van der Waals surface area contributed by atoms with Crippen molar-refractivity contribution in [2.75, 3.05) is 20.0 Å². The van der Waals surface area contributed by atoms with Gasteiger partial charge in [0.05, 0.1) is 27.3 Å². The van der Waals surface area contributed by atoms with Gasteiger partial charge in [0.2, 0.25) is 0 Å². The molecule has 0 aromatic rings. The smallest absolute Gasteiger partial charge is 0.268 e. The van der Waals surface area contributed by atoms with Crippen molar-refractivity contribution in [1.82, 2.24) is 0 Å². The lowest BCUT2D eigenvalue weighted by Crippen LogP contribution is -2.34. The maximum absolute atomic E-state index is 6.75. The van der Waals surface area contributed by atoms with E-state index < -0.39 is 15.8 Å². The summed E-state index contributed by atoms with van der Waals surface area (Å²) in [5.74, 6) is 0. The van der Waals surface area contributed by atoms with E-state index in [1.807, 2.05) is 20.0 Å². The first-order valence-corrected chi connectivity index (χ1v) is 7.66. The summed E-state index contributed by atoms with van der Waals surface area (Å²) in [5, 5.41) is 0. The van der Waals surface area contributed by atoms with Gasteiger partial charge in [-0.15, -0.1) is 0 Å². The number of nitrogens with zero attached hydrogens (tertiary/aromatic N) is 1.